The van der Waals surface area contributed by atoms with Gasteiger partial charge in [-0.2, -0.15) is 0 Å². The zero-order valence-corrected chi connectivity index (χ0v) is 9.95. The quantitative estimate of drug-likeness (QED) is 0.726. The first kappa shape index (κ1) is 11.3. The predicted molar refractivity (Wildman–Crippen MR) is 63.9 cm³/mol. The molecule has 0 atom stereocenters. The average molecular weight is 218 g/mol. The number of rotatable bonds is 4. The number of methoxy groups -OCH3 is 1. The Bertz CT molecular complexity index is 391. The molecule has 1 aromatic rings. The van der Waals surface area contributed by atoms with Gasteiger partial charge in [-0.1, -0.05) is 30.7 Å². The van der Waals surface area contributed by atoms with E-state index in [0.717, 1.165) is 25.0 Å². The molecule has 1 aromatic carbocycles. The molecule has 0 amide bonds. The van der Waals surface area contributed by atoms with Gasteiger partial charge in [-0.05, 0) is 25.3 Å². The van der Waals surface area contributed by atoms with E-state index in [-0.39, 0.29) is 11.2 Å². The maximum atomic E-state index is 11.6. The van der Waals surface area contributed by atoms with E-state index in [1.54, 1.807) is 14.0 Å². The number of carbonyl (C=O) groups is 1. The van der Waals surface area contributed by atoms with E-state index in [1.807, 2.05) is 18.2 Å². The van der Waals surface area contributed by atoms with Crippen molar-refractivity contribution in [3.8, 4) is 0 Å². The van der Waals surface area contributed by atoms with Gasteiger partial charge in [0, 0.05) is 18.1 Å². The molecule has 1 aliphatic rings. The summed E-state index contributed by atoms with van der Waals surface area (Å²) in [7, 11) is 1.73. The molecule has 1 saturated carbocycles. The van der Waals surface area contributed by atoms with Gasteiger partial charge in [-0.25, -0.2) is 0 Å². The van der Waals surface area contributed by atoms with Crippen molar-refractivity contribution in [3.05, 3.63) is 35.4 Å². The Hall–Kier alpha value is -1.15. The van der Waals surface area contributed by atoms with Gasteiger partial charge in [-0.15, -0.1) is 0 Å². The second-order valence-corrected chi connectivity index (χ2v) is 4.67. The fraction of sp³-hybridized carbons (Fsp3) is 0.500. The van der Waals surface area contributed by atoms with Crippen molar-refractivity contribution < 1.29 is 9.53 Å². The van der Waals surface area contributed by atoms with Gasteiger partial charge in [0.05, 0.1) is 6.61 Å². The van der Waals surface area contributed by atoms with Crippen molar-refractivity contribution in [3.63, 3.8) is 0 Å². The lowest BCUT2D eigenvalue weighted by Crippen LogP contribution is -2.39. The number of ketones is 1. The van der Waals surface area contributed by atoms with Crippen molar-refractivity contribution >= 4 is 5.78 Å². The second-order valence-electron chi connectivity index (χ2n) is 4.67. The Morgan fingerprint density at radius 1 is 1.38 bits per heavy atom. The van der Waals surface area contributed by atoms with Gasteiger partial charge >= 0.3 is 0 Å². The largest absolute Gasteiger partial charge is 0.384 e. The lowest BCUT2D eigenvalue weighted by Gasteiger charge is -2.42. The summed E-state index contributed by atoms with van der Waals surface area (Å²) in [6, 6.07) is 7.94. The first-order valence-corrected chi connectivity index (χ1v) is 5.79. The maximum Gasteiger partial charge on any atom is 0.160 e. The van der Waals surface area contributed by atoms with Crippen molar-refractivity contribution in [2.24, 2.45) is 0 Å². The van der Waals surface area contributed by atoms with Crippen LogP contribution in [0.3, 0.4) is 0 Å². The number of ether oxygens (including phenoxy) is 1. The van der Waals surface area contributed by atoms with Crippen LogP contribution < -0.4 is 0 Å². The van der Waals surface area contributed by atoms with E-state index in [1.165, 1.54) is 12.0 Å². The van der Waals surface area contributed by atoms with E-state index >= 15 is 0 Å². The molecule has 16 heavy (non-hydrogen) atoms. The van der Waals surface area contributed by atoms with E-state index in [0.29, 0.717) is 0 Å². The number of hydrogen-bond acceptors (Lipinski definition) is 2. The van der Waals surface area contributed by atoms with Crippen molar-refractivity contribution in [2.45, 2.75) is 31.6 Å². The lowest BCUT2D eigenvalue weighted by atomic mass is 9.63. The summed E-state index contributed by atoms with van der Waals surface area (Å²) in [5.74, 6) is 0.151. The van der Waals surface area contributed by atoms with Crippen LogP contribution in [0.15, 0.2) is 24.3 Å². The van der Waals surface area contributed by atoms with E-state index in [9.17, 15) is 4.79 Å². The number of hydrogen-bond donors (Lipinski definition) is 0. The first-order valence-electron chi connectivity index (χ1n) is 5.79. The van der Waals surface area contributed by atoms with Gasteiger partial charge < -0.3 is 4.74 Å². The summed E-state index contributed by atoms with van der Waals surface area (Å²) in [5.41, 5.74) is 2.13. The Morgan fingerprint density at radius 3 is 2.56 bits per heavy atom. The van der Waals surface area contributed by atoms with Crippen LogP contribution in [0.25, 0.3) is 0 Å². The van der Waals surface area contributed by atoms with Crippen LogP contribution in [0.5, 0.6) is 0 Å². The molecule has 0 aromatic heterocycles. The third kappa shape index (κ3) is 1.78. The monoisotopic (exact) mass is 218 g/mol. The Labute approximate surface area is 96.6 Å². The highest BCUT2D eigenvalue weighted by molar-refractivity contribution is 5.96. The number of benzene rings is 1. The molecule has 2 rings (SSSR count). The molecule has 2 heteroatoms. The van der Waals surface area contributed by atoms with Gasteiger partial charge in [0.2, 0.25) is 0 Å². The summed E-state index contributed by atoms with van der Waals surface area (Å²) in [6.07, 6.45) is 3.49. The van der Waals surface area contributed by atoms with Crippen molar-refractivity contribution in [2.75, 3.05) is 13.7 Å². The maximum absolute atomic E-state index is 11.6. The molecule has 0 heterocycles. The second kappa shape index (κ2) is 4.38. The molecule has 0 N–H and O–H groups in total. The summed E-state index contributed by atoms with van der Waals surface area (Å²) in [6.45, 7) is 2.36. The third-order valence-electron chi connectivity index (χ3n) is 3.61. The Balaban J connectivity index is 2.41. The predicted octanol–water partition coefficient (Wildman–Crippen LogP) is 2.96. The zero-order valence-electron chi connectivity index (χ0n) is 9.95. The third-order valence-corrected chi connectivity index (χ3v) is 3.61. The molecular formula is C14H18O2. The lowest BCUT2D eigenvalue weighted by molar-refractivity contribution is 0.0776. The van der Waals surface area contributed by atoms with Crippen molar-refractivity contribution in [1.82, 2.24) is 0 Å². The van der Waals surface area contributed by atoms with Crippen LogP contribution in [-0.4, -0.2) is 19.5 Å². The molecule has 2 nitrogen and oxygen atoms in total. The Kier molecular flexibility index (Phi) is 3.10. The van der Waals surface area contributed by atoms with E-state index in [4.69, 9.17) is 4.74 Å². The summed E-state index contributed by atoms with van der Waals surface area (Å²) in [5, 5.41) is 0. The molecular weight excluding hydrogens is 200 g/mol. The molecule has 1 fully saturated rings. The molecule has 0 radical (unpaired) electrons. The Morgan fingerprint density at radius 2 is 2.06 bits per heavy atom. The van der Waals surface area contributed by atoms with Gasteiger partial charge in [-0.3, -0.25) is 4.79 Å². The highest BCUT2D eigenvalue weighted by Gasteiger charge is 2.40. The summed E-state index contributed by atoms with van der Waals surface area (Å²) >= 11 is 0. The van der Waals surface area contributed by atoms with Crippen LogP contribution in [0, 0.1) is 0 Å². The minimum absolute atomic E-state index is 0.0943. The normalized spacial score (nSPS) is 17.9. The smallest absolute Gasteiger partial charge is 0.160 e. The van der Waals surface area contributed by atoms with E-state index < -0.39 is 0 Å². The van der Waals surface area contributed by atoms with Gasteiger partial charge in [0.15, 0.2) is 5.78 Å². The first-order chi connectivity index (χ1) is 7.69. The molecule has 0 bridgehead atoms. The fourth-order valence-electron chi connectivity index (χ4n) is 2.62. The molecule has 0 aliphatic heterocycles. The van der Waals surface area contributed by atoms with Crippen LogP contribution >= 0.6 is 0 Å². The molecule has 1 aliphatic carbocycles. The van der Waals surface area contributed by atoms with E-state index in [2.05, 4.69) is 6.07 Å². The summed E-state index contributed by atoms with van der Waals surface area (Å²) in [4.78, 5) is 11.6. The van der Waals surface area contributed by atoms with Crippen LogP contribution in [0.1, 0.15) is 42.1 Å². The number of carbonyl (C=O) groups excluding carboxylic acids is 1. The standard InChI is InChI=1S/C14H18O2/c1-11(15)12-6-3-4-7-13(12)14(10-16-2)8-5-9-14/h3-4,6-7H,5,8-10H2,1-2H3. The topological polar surface area (TPSA) is 26.3 Å². The van der Waals surface area contributed by atoms with Crippen LogP contribution in [0.2, 0.25) is 0 Å². The van der Waals surface area contributed by atoms with Crippen molar-refractivity contribution in [1.29, 1.82) is 0 Å². The summed E-state index contributed by atoms with van der Waals surface area (Å²) < 4.78 is 5.33. The molecule has 86 valence electrons. The van der Waals surface area contributed by atoms with Gasteiger partial charge in [0.1, 0.15) is 0 Å². The highest BCUT2D eigenvalue weighted by atomic mass is 16.5. The number of Topliss-reactive ketones (excluding diaryl/α,β-unsaturated/α-hetero) is 1. The highest BCUT2D eigenvalue weighted by Crippen LogP contribution is 2.45. The fourth-order valence-corrected chi connectivity index (χ4v) is 2.62. The SMILES string of the molecule is COCC1(c2ccccc2C(C)=O)CCC1. The van der Waals surface area contributed by atoms with Crippen LogP contribution in [0.4, 0.5) is 0 Å². The minimum atomic E-state index is 0.0943. The minimum Gasteiger partial charge on any atom is -0.384 e. The molecule has 0 saturated heterocycles. The van der Waals surface area contributed by atoms with Crippen LogP contribution in [-0.2, 0) is 10.2 Å². The molecule has 0 unspecified atom stereocenters. The average Bonchev–Trinajstić information content (AvgIpc) is 2.23. The zero-order chi connectivity index (χ0) is 11.6. The van der Waals surface area contributed by atoms with Gasteiger partial charge in [0.25, 0.3) is 0 Å². The molecule has 0 spiro atoms.